The second-order valence-electron chi connectivity index (χ2n) is 6.42. The first-order chi connectivity index (χ1) is 12.9. The van der Waals surface area contributed by atoms with E-state index in [0.29, 0.717) is 18.7 Å². The van der Waals surface area contributed by atoms with Gasteiger partial charge >= 0.3 is 0 Å². The van der Waals surface area contributed by atoms with E-state index in [1.807, 2.05) is 0 Å². The van der Waals surface area contributed by atoms with Crippen LogP contribution >= 0.6 is 15.9 Å². The van der Waals surface area contributed by atoms with Crippen LogP contribution in [0.4, 0.5) is 4.39 Å². The first-order valence-corrected chi connectivity index (χ1v) is 10.9. The third kappa shape index (κ3) is 4.75. The van der Waals surface area contributed by atoms with Gasteiger partial charge in [0.15, 0.2) is 0 Å². The van der Waals surface area contributed by atoms with Gasteiger partial charge in [-0.1, -0.05) is 18.6 Å². The molecule has 1 N–H and O–H groups in total. The van der Waals surface area contributed by atoms with Crippen LogP contribution in [0.3, 0.4) is 0 Å². The van der Waals surface area contributed by atoms with Crippen LogP contribution in [-0.4, -0.2) is 31.7 Å². The Labute approximate surface area is 166 Å². The van der Waals surface area contributed by atoms with E-state index in [1.165, 1.54) is 16.4 Å². The molecule has 27 heavy (non-hydrogen) atoms. The van der Waals surface area contributed by atoms with Gasteiger partial charge in [-0.15, -0.1) is 0 Å². The van der Waals surface area contributed by atoms with Crippen LogP contribution < -0.4 is 5.32 Å². The lowest BCUT2D eigenvalue weighted by Gasteiger charge is -2.26. The van der Waals surface area contributed by atoms with Crippen LogP contribution in [0.5, 0.6) is 0 Å². The van der Waals surface area contributed by atoms with Crippen molar-refractivity contribution in [3.8, 4) is 0 Å². The Kier molecular flexibility index (Phi) is 6.29. The second-order valence-corrected chi connectivity index (χ2v) is 9.22. The molecule has 2 aromatic carbocycles. The van der Waals surface area contributed by atoms with E-state index >= 15 is 0 Å². The molecule has 0 radical (unpaired) electrons. The standard InChI is InChI=1S/C19H20BrFN2O3S/c20-17-8-7-15(12-18(17)21)19(24)22-13-14-5-4-6-16(11-14)27(25,26)23-9-2-1-3-10-23/h4-8,11-12H,1-3,9-10,13H2,(H,22,24). The maximum absolute atomic E-state index is 13.6. The van der Waals surface area contributed by atoms with Gasteiger partial charge in [0, 0.05) is 25.2 Å². The van der Waals surface area contributed by atoms with E-state index in [-0.39, 0.29) is 21.5 Å². The molecule has 1 saturated heterocycles. The molecule has 5 nitrogen and oxygen atoms in total. The van der Waals surface area contributed by atoms with E-state index in [0.717, 1.165) is 25.3 Å². The SMILES string of the molecule is O=C(NCc1cccc(S(=O)(=O)N2CCCCC2)c1)c1ccc(Br)c(F)c1. The molecule has 0 atom stereocenters. The summed E-state index contributed by atoms with van der Waals surface area (Å²) < 4.78 is 40.9. The Morgan fingerprint density at radius 1 is 1.11 bits per heavy atom. The number of benzene rings is 2. The summed E-state index contributed by atoms with van der Waals surface area (Å²) in [5.74, 6) is -0.942. The number of hydrogen-bond donors (Lipinski definition) is 1. The van der Waals surface area contributed by atoms with Gasteiger partial charge < -0.3 is 5.32 Å². The van der Waals surface area contributed by atoms with Crippen molar-refractivity contribution in [2.75, 3.05) is 13.1 Å². The molecule has 144 valence electrons. The van der Waals surface area contributed by atoms with Gasteiger partial charge in [-0.3, -0.25) is 4.79 Å². The summed E-state index contributed by atoms with van der Waals surface area (Å²) in [7, 11) is -3.52. The monoisotopic (exact) mass is 454 g/mol. The van der Waals surface area contributed by atoms with Crippen molar-refractivity contribution in [1.82, 2.24) is 9.62 Å². The Hall–Kier alpha value is -1.77. The number of sulfonamides is 1. The fraction of sp³-hybridized carbons (Fsp3) is 0.316. The van der Waals surface area contributed by atoms with Crippen LogP contribution in [0.2, 0.25) is 0 Å². The molecule has 1 aliphatic heterocycles. The molecule has 1 amide bonds. The van der Waals surface area contributed by atoms with Crippen LogP contribution in [-0.2, 0) is 16.6 Å². The molecule has 0 bridgehead atoms. The van der Waals surface area contributed by atoms with E-state index in [4.69, 9.17) is 0 Å². The average Bonchev–Trinajstić information content (AvgIpc) is 2.69. The van der Waals surface area contributed by atoms with Crippen molar-refractivity contribution in [3.05, 3.63) is 63.9 Å². The highest BCUT2D eigenvalue weighted by Gasteiger charge is 2.25. The predicted octanol–water partition coefficient (Wildman–Crippen LogP) is 3.69. The van der Waals surface area contributed by atoms with E-state index in [9.17, 15) is 17.6 Å². The third-order valence-corrected chi connectivity index (χ3v) is 7.02. The van der Waals surface area contributed by atoms with Crippen molar-refractivity contribution in [1.29, 1.82) is 0 Å². The van der Waals surface area contributed by atoms with E-state index in [1.54, 1.807) is 24.3 Å². The first-order valence-electron chi connectivity index (χ1n) is 8.70. The summed E-state index contributed by atoms with van der Waals surface area (Å²) in [4.78, 5) is 12.4. The summed E-state index contributed by atoms with van der Waals surface area (Å²) >= 11 is 3.05. The highest BCUT2D eigenvalue weighted by atomic mass is 79.9. The Balaban J connectivity index is 1.70. The quantitative estimate of drug-likeness (QED) is 0.748. The number of nitrogens with one attached hydrogen (secondary N) is 1. The maximum Gasteiger partial charge on any atom is 0.251 e. The highest BCUT2D eigenvalue weighted by Crippen LogP contribution is 2.21. The lowest BCUT2D eigenvalue weighted by Crippen LogP contribution is -2.35. The topological polar surface area (TPSA) is 66.5 Å². The number of nitrogens with zero attached hydrogens (tertiary/aromatic N) is 1. The van der Waals surface area contributed by atoms with Gasteiger partial charge in [-0.05, 0) is 64.7 Å². The van der Waals surface area contributed by atoms with Crippen LogP contribution in [0.1, 0.15) is 35.2 Å². The first kappa shape index (κ1) is 20.0. The Bertz CT molecular complexity index is 944. The molecule has 0 unspecified atom stereocenters. The van der Waals surface area contributed by atoms with Gasteiger partial charge in [0.05, 0.1) is 9.37 Å². The summed E-state index contributed by atoms with van der Waals surface area (Å²) in [5.41, 5.74) is 0.867. The number of hydrogen-bond acceptors (Lipinski definition) is 3. The van der Waals surface area contributed by atoms with Crippen molar-refractivity contribution < 1.29 is 17.6 Å². The Morgan fingerprint density at radius 3 is 2.56 bits per heavy atom. The molecule has 0 aromatic heterocycles. The molecule has 1 fully saturated rings. The number of carbonyl (C=O) groups is 1. The molecule has 0 saturated carbocycles. The van der Waals surface area contributed by atoms with Gasteiger partial charge in [-0.25, -0.2) is 12.8 Å². The number of halogens is 2. The number of rotatable bonds is 5. The maximum atomic E-state index is 13.6. The van der Waals surface area contributed by atoms with Gasteiger partial charge in [-0.2, -0.15) is 4.31 Å². The summed E-state index contributed by atoms with van der Waals surface area (Å²) in [6.07, 6.45) is 2.80. The lowest BCUT2D eigenvalue weighted by molar-refractivity contribution is 0.0950. The summed E-state index contributed by atoms with van der Waals surface area (Å²) in [6, 6.07) is 10.7. The third-order valence-electron chi connectivity index (χ3n) is 4.49. The summed E-state index contributed by atoms with van der Waals surface area (Å²) in [6.45, 7) is 1.23. The second kappa shape index (κ2) is 8.50. The smallest absolute Gasteiger partial charge is 0.251 e. The van der Waals surface area contributed by atoms with Crippen LogP contribution in [0, 0.1) is 5.82 Å². The number of piperidine rings is 1. The zero-order valence-electron chi connectivity index (χ0n) is 14.6. The van der Waals surface area contributed by atoms with Crippen LogP contribution in [0.25, 0.3) is 0 Å². The fourth-order valence-corrected chi connectivity index (χ4v) is 4.83. The van der Waals surface area contributed by atoms with Crippen molar-refractivity contribution in [2.24, 2.45) is 0 Å². The molecule has 3 rings (SSSR count). The molecule has 1 aliphatic rings. The van der Waals surface area contributed by atoms with Gasteiger partial charge in [0.25, 0.3) is 5.91 Å². The molecular weight excluding hydrogens is 435 g/mol. The zero-order valence-corrected chi connectivity index (χ0v) is 17.0. The predicted molar refractivity (Wildman–Crippen MR) is 104 cm³/mol. The van der Waals surface area contributed by atoms with Gasteiger partial charge in [0.2, 0.25) is 10.0 Å². The molecule has 0 spiro atoms. The molecular formula is C19H20BrFN2O3S. The molecule has 2 aromatic rings. The average molecular weight is 455 g/mol. The minimum atomic E-state index is -3.52. The largest absolute Gasteiger partial charge is 0.348 e. The zero-order chi connectivity index (χ0) is 19.4. The molecule has 1 heterocycles. The minimum absolute atomic E-state index is 0.153. The lowest BCUT2D eigenvalue weighted by atomic mass is 10.2. The van der Waals surface area contributed by atoms with E-state index < -0.39 is 21.7 Å². The molecule has 0 aliphatic carbocycles. The Morgan fingerprint density at radius 2 is 1.85 bits per heavy atom. The van der Waals surface area contributed by atoms with Gasteiger partial charge in [0.1, 0.15) is 5.82 Å². The minimum Gasteiger partial charge on any atom is -0.348 e. The molecule has 8 heteroatoms. The van der Waals surface area contributed by atoms with Crippen molar-refractivity contribution >= 4 is 31.9 Å². The van der Waals surface area contributed by atoms with Crippen molar-refractivity contribution in [3.63, 3.8) is 0 Å². The van der Waals surface area contributed by atoms with Crippen LogP contribution in [0.15, 0.2) is 51.8 Å². The van der Waals surface area contributed by atoms with E-state index in [2.05, 4.69) is 21.2 Å². The summed E-state index contributed by atoms with van der Waals surface area (Å²) in [5, 5.41) is 2.69. The number of carbonyl (C=O) groups excluding carboxylic acids is 1. The fourth-order valence-electron chi connectivity index (χ4n) is 2.99. The highest BCUT2D eigenvalue weighted by molar-refractivity contribution is 9.10. The van der Waals surface area contributed by atoms with Crippen molar-refractivity contribution in [2.45, 2.75) is 30.7 Å². The normalized spacial score (nSPS) is 15.5. The number of amides is 1.